The zero-order chi connectivity index (χ0) is 16.0. The molecule has 22 heavy (non-hydrogen) atoms. The van der Waals surface area contributed by atoms with Gasteiger partial charge in [0, 0.05) is 12.2 Å². The second kappa shape index (κ2) is 12.5. The van der Waals surface area contributed by atoms with Crippen molar-refractivity contribution in [2.24, 2.45) is 0 Å². The van der Waals surface area contributed by atoms with E-state index < -0.39 is 0 Å². The summed E-state index contributed by atoms with van der Waals surface area (Å²) in [7, 11) is 0. The third-order valence-electron chi connectivity index (χ3n) is 3.96. The van der Waals surface area contributed by atoms with E-state index in [-0.39, 0.29) is 0 Å². The number of anilines is 1. The molecule has 0 aromatic heterocycles. The summed E-state index contributed by atoms with van der Waals surface area (Å²) in [5.41, 5.74) is 2.43. The van der Waals surface area contributed by atoms with E-state index >= 15 is 0 Å². The molecule has 0 radical (unpaired) electrons. The lowest BCUT2D eigenvalue weighted by Gasteiger charge is -2.13. The van der Waals surface area contributed by atoms with Crippen molar-refractivity contribution in [3.05, 3.63) is 29.8 Å². The zero-order valence-corrected chi connectivity index (χ0v) is 15.1. The molecule has 1 aromatic rings. The molecule has 124 valence electrons. The average molecular weight is 321 g/mol. The maximum atomic E-state index is 5.37. The van der Waals surface area contributed by atoms with Gasteiger partial charge in [-0.3, -0.25) is 0 Å². The maximum Gasteiger partial charge on any atom is 0.170 e. The predicted octanol–water partition coefficient (Wildman–Crippen LogP) is 5.68. The van der Waals surface area contributed by atoms with Crippen molar-refractivity contribution in [3.8, 4) is 0 Å². The van der Waals surface area contributed by atoms with Gasteiger partial charge in [-0.1, -0.05) is 77.0 Å². The lowest BCUT2D eigenvalue weighted by molar-refractivity contribution is 0.573. The molecule has 0 bridgehead atoms. The van der Waals surface area contributed by atoms with Crippen LogP contribution in [-0.2, 0) is 6.42 Å². The summed E-state index contributed by atoms with van der Waals surface area (Å²) in [6.07, 6.45) is 11.8. The van der Waals surface area contributed by atoms with Crippen LogP contribution in [0.3, 0.4) is 0 Å². The smallest absolute Gasteiger partial charge is 0.170 e. The molecular formula is C19H32N2S. The highest BCUT2D eigenvalue weighted by Crippen LogP contribution is 2.15. The molecule has 0 saturated heterocycles. The zero-order valence-electron chi connectivity index (χ0n) is 14.3. The molecule has 0 atom stereocenters. The van der Waals surface area contributed by atoms with Crippen LogP contribution in [-0.4, -0.2) is 11.7 Å². The van der Waals surface area contributed by atoms with Crippen LogP contribution in [0.25, 0.3) is 0 Å². The fourth-order valence-electron chi connectivity index (χ4n) is 2.58. The first-order valence-electron chi connectivity index (χ1n) is 8.90. The lowest BCUT2D eigenvalue weighted by atomic mass is 10.1. The van der Waals surface area contributed by atoms with Gasteiger partial charge in [-0.15, -0.1) is 0 Å². The first kappa shape index (κ1) is 19.0. The molecule has 0 aliphatic carbocycles. The molecule has 0 spiro atoms. The minimum atomic E-state index is 0.740. The number of rotatable bonds is 11. The van der Waals surface area contributed by atoms with Crippen molar-refractivity contribution in [1.29, 1.82) is 0 Å². The minimum absolute atomic E-state index is 0.740. The molecule has 0 aliphatic heterocycles. The Balaban J connectivity index is 2.06. The highest BCUT2D eigenvalue weighted by Gasteiger charge is 2.01. The molecule has 0 unspecified atom stereocenters. The van der Waals surface area contributed by atoms with E-state index in [4.69, 9.17) is 12.2 Å². The Morgan fingerprint density at radius 2 is 1.55 bits per heavy atom. The number of hydrogen-bond acceptors (Lipinski definition) is 1. The van der Waals surface area contributed by atoms with Crippen molar-refractivity contribution < 1.29 is 0 Å². The Hall–Kier alpha value is -1.09. The number of benzene rings is 1. The Labute approximate surface area is 142 Å². The first-order chi connectivity index (χ1) is 10.8. The van der Waals surface area contributed by atoms with Gasteiger partial charge in [0.05, 0.1) is 0 Å². The van der Waals surface area contributed by atoms with E-state index in [1.807, 2.05) is 6.07 Å². The normalized spacial score (nSPS) is 10.5. The van der Waals surface area contributed by atoms with Crippen LogP contribution >= 0.6 is 12.2 Å². The highest BCUT2D eigenvalue weighted by molar-refractivity contribution is 7.80. The van der Waals surface area contributed by atoms with Crippen molar-refractivity contribution in [2.75, 3.05) is 11.9 Å². The number of unbranched alkanes of at least 4 members (excludes halogenated alkanes) is 7. The topological polar surface area (TPSA) is 24.1 Å². The summed E-state index contributed by atoms with van der Waals surface area (Å²) in [6.45, 7) is 5.40. The molecular weight excluding hydrogens is 288 g/mol. The SMILES string of the molecule is CCCCCCCCCCNC(=S)Nc1ccccc1CC. The van der Waals surface area contributed by atoms with Crippen molar-refractivity contribution in [3.63, 3.8) is 0 Å². The Kier molecular flexibility index (Phi) is 10.7. The quantitative estimate of drug-likeness (QED) is 0.405. The van der Waals surface area contributed by atoms with Gasteiger partial charge in [-0.25, -0.2) is 0 Å². The van der Waals surface area contributed by atoms with Gasteiger partial charge in [-0.05, 0) is 36.7 Å². The Morgan fingerprint density at radius 1 is 0.909 bits per heavy atom. The molecule has 0 saturated carbocycles. The summed E-state index contributed by atoms with van der Waals surface area (Å²) in [4.78, 5) is 0. The van der Waals surface area contributed by atoms with Gasteiger partial charge in [0.25, 0.3) is 0 Å². The Bertz CT molecular complexity index is 418. The average Bonchev–Trinajstić information content (AvgIpc) is 2.54. The second-order valence-electron chi connectivity index (χ2n) is 5.87. The van der Waals surface area contributed by atoms with Gasteiger partial charge < -0.3 is 10.6 Å². The summed E-state index contributed by atoms with van der Waals surface area (Å²) < 4.78 is 0. The standard InChI is InChI=1S/C19H32N2S/c1-3-5-6-7-8-9-10-13-16-20-19(22)21-18-15-12-11-14-17(18)4-2/h11-12,14-15H,3-10,13,16H2,1-2H3,(H2,20,21,22). The van der Waals surface area contributed by atoms with E-state index in [1.54, 1.807) is 0 Å². The third-order valence-corrected chi connectivity index (χ3v) is 4.21. The lowest BCUT2D eigenvalue weighted by Crippen LogP contribution is -2.29. The van der Waals surface area contributed by atoms with E-state index in [0.717, 1.165) is 23.8 Å². The van der Waals surface area contributed by atoms with Gasteiger partial charge in [0.2, 0.25) is 0 Å². The van der Waals surface area contributed by atoms with Crippen molar-refractivity contribution in [2.45, 2.75) is 71.6 Å². The molecule has 0 aliphatic rings. The van der Waals surface area contributed by atoms with E-state index in [2.05, 4.69) is 42.7 Å². The van der Waals surface area contributed by atoms with Gasteiger partial charge >= 0.3 is 0 Å². The summed E-state index contributed by atoms with van der Waals surface area (Å²) >= 11 is 5.37. The second-order valence-corrected chi connectivity index (χ2v) is 6.27. The molecule has 2 nitrogen and oxygen atoms in total. The first-order valence-corrected chi connectivity index (χ1v) is 9.31. The molecule has 0 heterocycles. The summed E-state index contributed by atoms with van der Waals surface area (Å²) in [5, 5.41) is 7.36. The van der Waals surface area contributed by atoms with Crippen LogP contribution in [0.1, 0.15) is 70.8 Å². The summed E-state index contributed by atoms with van der Waals surface area (Å²) in [6, 6.07) is 8.34. The monoisotopic (exact) mass is 320 g/mol. The van der Waals surface area contributed by atoms with Crippen LogP contribution in [0.2, 0.25) is 0 Å². The van der Waals surface area contributed by atoms with E-state index in [1.165, 1.54) is 56.9 Å². The predicted molar refractivity (Wildman–Crippen MR) is 103 cm³/mol. The van der Waals surface area contributed by atoms with Crippen molar-refractivity contribution in [1.82, 2.24) is 5.32 Å². The number of aryl methyl sites for hydroxylation is 1. The van der Waals surface area contributed by atoms with Crippen LogP contribution < -0.4 is 10.6 Å². The number of hydrogen-bond donors (Lipinski definition) is 2. The molecule has 3 heteroatoms. The maximum absolute atomic E-state index is 5.37. The third kappa shape index (κ3) is 8.38. The minimum Gasteiger partial charge on any atom is -0.362 e. The molecule has 0 amide bonds. The van der Waals surface area contributed by atoms with Crippen LogP contribution in [0, 0.1) is 0 Å². The Morgan fingerprint density at radius 3 is 2.23 bits per heavy atom. The molecule has 1 rings (SSSR count). The van der Waals surface area contributed by atoms with E-state index in [9.17, 15) is 0 Å². The number of thiocarbonyl (C=S) groups is 1. The van der Waals surface area contributed by atoms with Crippen LogP contribution in [0.15, 0.2) is 24.3 Å². The fraction of sp³-hybridized carbons (Fsp3) is 0.632. The largest absolute Gasteiger partial charge is 0.362 e. The summed E-state index contributed by atoms with van der Waals surface area (Å²) in [5.74, 6) is 0. The van der Waals surface area contributed by atoms with Gasteiger partial charge in [-0.2, -0.15) is 0 Å². The van der Waals surface area contributed by atoms with Crippen molar-refractivity contribution >= 4 is 23.0 Å². The fourth-order valence-corrected chi connectivity index (χ4v) is 2.79. The number of nitrogens with one attached hydrogen (secondary N) is 2. The number of para-hydroxylation sites is 1. The van der Waals surface area contributed by atoms with Crippen LogP contribution in [0.4, 0.5) is 5.69 Å². The van der Waals surface area contributed by atoms with E-state index in [0.29, 0.717) is 0 Å². The van der Waals surface area contributed by atoms with Gasteiger partial charge in [0.1, 0.15) is 0 Å². The molecule has 2 N–H and O–H groups in total. The van der Waals surface area contributed by atoms with Gasteiger partial charge in [0.15, 0.2) is 5.11 Å². The molecule has 1 aromatic carbocycles. The van der Waals surface area contributed by atoms with Crippen LogP contribution in [0.5, 0.6) is 0 Å². The highest BCUT2D eigenvalue weighted by atomic mass is 32.1. The molecule has 0 fully saturated rings.